The number of benzene rings is 2. The van der Waals surface area contributed by atoms with Crippen LogP contribution in [-0.4, -0.2) is 10.8 Å². The number of aromatic nitrogens is 1. The topological polar surface area (TPSA) is 32.9 Å². The highest BCUT2D eigenvalue weighted by Crippen LogP contribution is 2.23. The third-order valence-corrected chi connectivity index (χ3v) is 3.44. The minimum Gasteiger partial charge on any atom is -0.360 e. The van der Waals surface area contributed by atoms with Crippen LogP contribution in [-0.2, 0) is 6.42 Å². The van der Waals surface area contributed by atoms with Gasteiger partial charge in [0, 0.05) is 34.1 Å². The first kappa shape index (κ1) is 12.9. The molecule has 0 fully saturated rings. The monoisotopic (exact) mass is 287 g/mol. The number of H-pyrrole nitrogens is 1. The van der Waals surface area contributed by atoms with E-state index in [0.717, 1.165) is 5.56 Å². The largest absolute Gasteiger partial charge is 0.360 e. The lowest BCUT2D eigenvalue weighted by molar-refractivity contribution is 0.0994. The number of hydrogen-bond donors (Lipinski definition) is 1. The van der Waals surface area contributed by atoms with Gasteiger partial charge in [-0.05, 0) is 29.8 Å². The van der Waals surface area contributed by atoms with Crippen molar-refractivity contribution in [1.29, 1.82) is 0 Å². The predicted octanol–water partition coefficient (Wildman–Crippen LogP) is 4.39. The third kappa shape index (κ3) is 2.32. The van der Waals surface area contributed by atoms with Crippen molar-refractivity contribution in [2.45, 2.75) is 6.42 Å². The first-order chi connectivity index (χ1) is 9.65. The van der Waals surface area contributed by atoms with E-state index in [-0.39, 0.29) is 12.2 Å². The minimum atomic E-state index is -0.391. The Balaban J connectivity index is 1.97. The van der Waals surface area contributed by atoms with E-state index < -0.39 is 5.82 Å². The highest BCUT2D eigenvalue weighted by molar-refractivity contribution is 6.30. The molecule has 0 aliphatic heterocycles. The summed E-state index contributed by atoms with van der Waals surface area (Å²) < 4.78 is 13.8. The van der Waals surface area contributed by atoms with Gasteiger partial charge in [0.05, 0.1) is 0 Å². The van der Waals surface area contributed by atoms with Crippen molar-refractivity contribution < 1.29 is 9.18 Å². The van der Waals surface area contributed by atoms with Gasteiger partial charge in [0.15, 0.2) is 5.78 Å². The third-order valence-electron chi connectivity index (χ3n) is 3.21. The van der Waals surface area contributed by atoms with E-state index in [4.69, 9.17) is 11.6 Å². The number of fused-ring (bicyclic) bond motifs is 1. The predicted molar refractivity (Wildman–Crippen MR) is 77.7 cm³/mol. The average Bonchev–Trinajstić information content (AvgIpc) is 2.84. The van der Waals surface area contributed by atoms with Crippen LogP contribution in [0.5, 0.6) is 0 Å². The molecular weight excluding hydrogens is 277 g/mol. The maximum absolute atomic E-state index is 13.8. The second-order valence-corrected chi connectivity index (χ2v) is 5.03. The summed E-state index contributed by atoms with van der Waals surface area (Å²) in [6.45, 7) is 0. The molecule has 0 aliphatic carbocycles. The van der Waals surface area contributed by atoms with Gasteiger partial charge in [-0.15, -0.1) is 0 Å². The van der Waals surface area contributed by atoms with E-state index >= 15 is 0 Å². The number of halogens is 2. The molecule has 3 aromatic rings. The van der Waals surface area contributed by atoms with Crippen molar-refractivity contribution in [3.8, 4) is 0 Å². The SMILES string of the molecule is O=C(Cc1cccc(Cl)c1)c1c[nH]c2cccc(F)c12. The number of aromatic amines is 1. The molecule has 0 amide bonds. The summed E-state index contributed by atoms with van der Waals surface area (Å²) >= 11 is 5.90. The highest BCUT2D eigenvalue weighted by atomic mass is 35.5. The van der Waals surface area contributed by atoms with Crippen molar-refractivity contribution in [2.75, 3.05) is 0 Å². The summed E-state index contributed by atoms with van der Waals surface area (Å²) in [6, 6.07) is 11.8. The number of rotatable bonds is 3. The maximum Gasteiger partial charge on any atom is 0.169 e. The first-order valence-electron chi connectivity index (χ1n) is 6.18. The van der Waals surface area contributed by atoms with Gasteiger partial charge in [0.2, 0.25) is 0 Å². The number of Topliss-reactive ketones (excluding diaryl/α,β-unsaturated/α-hetero) is 1. The molecule has 1 heterocycles. The second-order valence-electron chi connectivity index (χ2n) is 4.59. The van der Waals surface area contributed by atoms with Crippen LogP contribution in [0.1, 0.15) is 15.9 Å². The van der Waals surface area contributed by atoms with Gasteiger partial charge in [-0.3, -0.25) is 4.79 Å². The van der Waals surface area contributed by atoms with Gasteiger partial charge < -0.3 is 4.98 Å². The van der Waals surface area contributed by atoms with Crippen LogP contribution in [0.25, 0.3) is 10.9 Å². The van der Waals surface area contributed by atoms with Crippen LogP contribution in [0.2, 0.25) is 5.02 Å². The molecule has 0 atom stereocenters. The lowest BCUT2D eigenvalue weighted by atomic mass is 10.0. The fraction of sp³-hybridized carbons (Fsp3) is 0.0625. The summed E-state index contributed by atoms with van der Waals surface area (Å²) in [5.41, 5.74) is 1.81. The number of carbonyl (C=O) groups is 1. The van der Waals surface area contributed by atoms with Crippen molar-refractivity contribution in [3.63, 3.8) is 0 Å². The lowest BCUT2D eigenvalue weighted by Gasteiger charge is -2.02. The van der Waals surface area contributed by atoms with Gasteiger partial charge in [-0.25, -0.2) is 4.39 Å². The molecule has 20 heavy (non-hydrogen) atoms. The zero-order chi connectivity index (χ0) is 14.1. The Bertz CT molecular complexity index is 794. The second kappa shape index (κ2) is 5.10. The van der Waals surface area contributed by atoms with Crippen molar-refractivity contribution in [2.24, 2.45) is 0 Å². The Morgan fingerprint density at radius 2 is 2.00 bits per heavy atom. The summed E-state index contributed by atoms with van der Waals surface area (Å²) in [5.74, 6) is -0.526. The van der Waals surface area contributed by atoms with Gasteiger partial charge in [-0.1, -0.05) is 29.8 Å². The highest BCUT2D eigenvalue weighted by Gasteiger charge is 2.15. The Morgan fingerprint density at radius 1 is 1.20 bits per heavy atom. The molecule has 0 spiro atoms. The van der Waals surface area contributed by atoms with E-state index in [1.807, 2.05) is 6.07 Å². The van der Waals surface area contributed by atoms with Crippen LogP contribution in [0.15, 0.2) is 48.7 Å². The fourth-order valence-electron chi connectivity index (χ4n) is 2.29. The van der Waals surface area contributed by atoms with Crippen molar-refractivity contribution in [3.05, 3.63) is 70.6 Å². The van der Waals surface area contributed by atoms with E-state index in [2.05, 4.69) is 4.98 Å². The molecule has 0 unspecified atom stereocenters. The molecule has 0 aliphatic rings. The average molecular weight is 288 g/mol. The molecule has 0 saturated heterocycles. The lowest BCUT2D eigenvalue weighted by Crippen LogP contribution is -2.03. The quantitative estimate of drug-likeness (QED) is 0.712. The molecule has 0 saturated carbocycles. The van der Waals surface area contributed by atoms with E-state index in [1.54, 1.807) is 36.5 Å². The van der Waals surface area contributed by atoms with Crippen molar-refractivity contribution in [1.82, 2.24) is 4.98 Å². The standard InChI is InChI=1S/C16H11ClFNO/c17-11-4-1-3-10(7-11)8-15(20)12-9-19-14-6-2-5-13(18)16(12)14/h1-7,9,19H,8H2. The van der Waals surface area contributed by atoms with Crippen molar-refractivity contribution >= 4 is 28.3 Å². The molecule has 100 valence electrons. The molecule has 0 radical (unpaired) electrons. The van der Waals surface area contributed by atoms with Crippen LogP contribution in [0.4, 0.5) is 4.39 Å². The molecule has 0 bridgehead atoms. The summed E-state index contributed by atoms with van der Waals surface area (Å²) in [6.07, 6.45) is 1.75. The molecular formula is C16H11ClFNO. The van der Waals surface area contributed by atoms with Crippen LogP contribution >= 0.6 is 11.6 Å². The molecule has 1 aromatic heterocycles. The molecule has 2 aromatic carbocycles. The summed E-state index contributed by atoms with van der Waals surface area (Å²) in [7, 11) is 0. The Labute approximate surface area is 120 Å². The maximum atomic E-state index is 13.8. The molecule has 3 rings (SSSR count). The molecule has 4 heteroatoms. The smallest absolute Gasteiger partial charge is 0.169 e. The van der Waals surface area contributed by atoms with Gasteiger partial charge in [0.1, 0.15) is 5.82 Å². The number of hydrogen-bond acceptors (Lipinski definition) is 1. The van der Waals surface area contributed by atoms with E-state index in [0.29, 0.717) is 21.5 Å². The zero-order valence-electron chi connectivity index (χ0n) is 10.5. The van der Waals surface area contributed by atoms with E-state index in [9.17, 15) is 9.18 Å². The number of ketones is 1. The summed E-state index contributed by atoms with van der Waals surface area (Å²) in [5, 5.41) is 0.930. The van der Waals surface area contributed by atoms with Gasteiger partial charge in [-0.2, -0.15) is 0 Å². The Morgan fingerprint density at radius 3 is 2.80 bits per heavy atom. The number of carbonyl (C=O) groups excluding carboxylic acids is 1. The van der Waals surface area contributed by atoms with Crippen LogP contribution in [0.3, 0.4) is 0 Å². The molecule has 2 nitrogen and oxygen atoms in total. The van der Waals surface area contributed by atoms with Gasteiger partial charge >= 0.3 is 0 Å². The van der Waals surface area contributed by atoms with Gasteiger partial charge in [0.25, 0.3) is 0 Å². The summed E-state index contributed by atoms with van der Waals surface area (Å²) in [4.78, 5) is 15.2. The Kier molecular flexibility index (Phi) is 3.28. The number of nitrogens with one attached hydrogen (secondary N) is 1. The zero-order valence-corrected chi connectivity index (χ0v) is 11.2. The molecule has 1 N–H and O–H groups in total. The fourth-order valence-corrected chi connectivity index (χ4v) is 2.50. The van der Waals surface area contributed by atoms with Crippen LogP contribution < -0.4 is 0 Å². The van der Waals surface area contributed by atoms with E-state index in [1.165, 1.54) is 6.07 Å². The van der Waals surface area contributed by atoms with Crippen LogP contribution in [0, 0.1) is 5.82 Å². The normalized spacial score (nSPS) is 10.9. The minimum absolute atomic E-state index is 0.136. The Hall–Kier alpha value is -2.13. The first-order valence-corrected chi connectivity index (χ1v) is 6.56.